The highest BCUT2D eigenvalue weighted by Crippen LogP contribution is 2.30. The normalized spacial score (nSPS) is 11.2. The summed E-state index contributed by atoms with van der Waals surface area (Å²) in [7, 11) is 0. The summed E-state index contributed by atoms with van der Waals surface area (Å²) in [5.41, 5.74) is 6.77. The van der Waals surface area contributed by atoms with E-state index in [0.717, 1.165) is 34.2 Å². The van der Waals surface area contributed by atoms with Crippen LogP contribution in [0.1, 0.15) is 38.6 Å². The third-order valence-electron chi connectivity index (χ3n) is 6.32. The van der Waals surface area contributed by atoms with Gasteiger partial charge in [0.25, 0.3) is 0 Å². The Balaban J connectivity index is 1.47. The van der Waals surface area contributed by atoms with Gasteiger partial charge >= 0.3 is 0 Å². The molecule has 0 aliphatic rings. The molecule has 0 amide bonds. The molecule has 0 bridgehead atoms. The summed E-state index contributed by atoms with van der Waals surface area (Å²) in [6.07, 6.45) is 0. The van der Waals surface area contributed by atoms with Crippen LogP contribution in [0.5, 0.6) is 0 Å². The van der Waals surface area contributed by atoms with E-state index in [1.54, 1.807) is 0 Å². The predicted molar refractivity (Wildman–Crippen MR) is 141 cm³/mol. The number of Topliss-reactive ketones (excluding diaryl/α,β-unsaturated/α-hetero) is 1. The molecule has 5 rings (SSSR count). The Morgan fingerprint density at radius 1 is 0.889 bits per heavy atom. The zero-order valence-corrected chi connectivity index (χ0v) is 21.8. The maximum atomic E-state index is 13.3. The van der Waals surface area contributed by atoms with Gasteiger partial charge in [-0.1, -0.05) is 53.3 Å². The summed E-state index contributed by atoms with van der Waals surface area (Å²) in [6.45, 7) is 9.93. The predicted octanol–water partition coefficient (Wildman–Crippen LogP) is 6.23. The average molecular weight is 498 g/mol. The summed E-state index contributed by atoms with van der Waals surface area (Å²) < 4.78 is 9.21. The number of aromatic nitrogens is 5. The topological polar surface area (TPSA) is 78.7 Å². The van der Waals surface area contributed by atoms with Crippen molar-refractivity contribution in [2.75, 3.05) is 5.75 Å². The lowest BCUT2D eigenvalue weighted by Crippen LogP contribution is -2.07. The Morgan fingerprint density at radius 2 is 1.67 bits per heavy atom. The number of hydrogen-bond donors (Lipinski definition) is 0. The maximum absolute atomic E-state index is 13.3. The van der Waals surface area contributed by atoms with Crippen molar-refractivity contribution in [3.63, 3.8) is 0 Å². The zero-order valence-electron chi connectivity index (χ0n) is 20.9. The Bertz CT molecular complexity index is 1560. The zero-order chi connectivity index (χ0) is 25.4. The second-order valence-corrected chi connectivity index (χ2v) is 9.85. The summed E-state index contributed by atoms with van der Waals surface area (Å²) in [4.78, 5) is 13.3. The first kappa shape index (κ1) is 23.8. The van der Waals surface area contributed by atoms with Gasteiger partial charge in [0.15, 0.2) is 22.6 Å². The molecule has 182 valence electrons. The molecule has 36 heavy (non-hydrogen) atoms. The van der Waals surface area contributed by atoms with E-state index in [2.05, 4.69) is 47.4 Å². The van der Waals surface area contributed by atoms with Crippen LogP contribution in [0.4, 0.5) is 0 Å². The number of carbonyl (C=O) groups is 1. The summed E-state index contributed by atoms with van der Waals surface area (Å²) >= 11 is 1.39. The highest BCUT2D eigenvalue weighted by Gasteiger charge is 2.21. The highest BCUT2D eigenvalue weighted by molar-refractivity contribution is 7.99. The lowest BCUT2D eigenvalue weighted by atomic mass is 10.1. The molecule has 0 N–H and O–H groups in total. The Kier molecular flexibility index (Phi) is 6.36. The molecule has 5 aromatic rings. The van der Waals surface area contributed by atoms with Gasteiger partial charge in [-0.25, -0.2) is 0 Å². The molecule has 3 heterocycles. The number of rotatable bonds is 7. The smallest absolute Gasteiger partial charge is 0.196 e. The molecular weight excluding hydrogens is 470 g/mol. The van der Waals surface area contributed by atoms with Gasteiger partial charge in [0, 0.05) is 28.6 Å². The molecule has 2 aromatic carbocycles. The Morgan fingerprint density at radius 3 is 2.36 bits per heavy atom. The number of aryl methyl sites for hydroxylation is 4. The number of carbonyl (C=O) groups excluding carboxylic acids is 1. The van der Waals surface area contributed by atoms with Gasteiger partial charge in [-0.15, -0.1) is 10.2 Å². The molecule has 7 nitrogen and oxygen atoms in total. The van der Waals surface area contributed by atoms with E-state index in [9.17, 15) is 4.79 Å². The van der Waals surface area contributed by atoms with Gasteiger partial charge in [0.1, 0.15) is 5.76 Å². The number of thioether (sulfide) groups is 1. The quantitative estimate of drug-likeness (QED) is 0.196. The fourth-order valence-corrected chi connectivity index (χ4v) is 5.13. The van der Waals surface area contributed by atoms with E-state index < -0.39 is 0 Å². The van der Waals surface area contributed by atoms with Gasteiger partial charge in [-0.05, 0) is 63.9 Å². The van der Waals surface area contributed by atoms with Crippen LogP contribution >= 0.6 is 11.8 Å². The number of nitrogens with zero attached hydrogens (tertiary/aromatic N) is 5. The first-order valence-corrected chi connectivity index (χ1v) is 12.7. The van der Waals surface area contributed by atoms with Gasteiger partial charge in [0.05, 0.1) is 11.4 Å². The van der Waals surface area contributed by atoms with Crippen LogP contribution in [0.25, 0.3) is 22.9 Å². The van der Waals surface area contributed by atoms with Crippen molar-refractivity contribution < 1.29 is 9.32 Å². The van der Waals surface area contributed by atoms with Crippen molar-refractivity contribution in [2.24, 2.45) is 0 Å². The van der Waals surface area contributed by atoms with E-state index in [1.807, 2.05) is 72.4 Å². The molecule has 3 aromatic heterocycles. The molecule has 0 aliphatic carbocycles. The molecule has 0 atom stereocenters. The minimum absolute atomic E-state index is 0.0236. The van der Waals surface area contributed by atoms with Gasteiger partial charge in [-0.3, -0.25) is 13.9 Å². The van der Waals surface area contributed by atoms with Crippen molar-refractivity contribution in [1.82, 2.24) is 24.5 Å². The van der Waals surface area contributed by atoms with E-state index in [0.29, 0.717) is 16.5 Å². The number of ketones is 1. The summed E-state index contributed by atoms with van der Waals surface area (Å²) in [5, 5.41) is 13.8. The fourth-order valence-electron chi connectivity index (χ4n) is 4.30. The summed E-state index contributed by atoms with van der Waals surface area (Å²) in [6, 6.07) is 20.0. The van der Waals surface area contributed by atoms with Crippen LogP contribution in [-0.4, -0.2) is 36.0 Å². The lowest BCUT2D eigenvalue weighted by molar-refractivity contribution is 0.102. The number of hydrogen-bond acceptors (Lipinski definition) is 6. The van der Waals surface area contributed by atoms with E-state index in [1.165, 1.54) is 22.9 Å². The second kappa shape index (κ2) is 9.62. The van der Waals surface area contributed by atoms with E-state index >= 15 is 0 Å². The fraction of sp³-hybridized carbons (Fsp3) is 0.214. The maximum Gasteiger partial charge on any atom is 0.196 e. The third-order valence-corrected chi connectivity index (χ3v) is 7.25. The minimum Gasteiger partial charge on any atom is -0.360 e. The van der Waals surface area contributed by atoms with Gasteiger partial charge in [-0.2, -0.15) is 0 Å². The number of benzene rings is 2. The Labute approximate surface area is 214 Å². The highest BCUT2D eigenvalue weighted by atomic mass is 32.2. The lowest BCUT2D eigenvalue weighted by Gasteiger charge is -2.12. The van der Waals surface area contributed by atoms with Crippen LogP contribution in [0.2, 0.25) is 0 Å². The standard InChI is InChI=1S/C28H27N5O2S/c1-17-11-12-23(13-18(17)2)33-27(22-9-7-6-8-10-22)29-30-28(33)36-16-25(34)24-14-19(3)32(21(24)5)26-15-20(4)35-31-26/h6-15H,16H2,1-5H3. The molecule has 0 spiro atoms. The summed E-state index contributed by atoms with van der Waals surface area (Å²) in [5.74, 6) is 2.40. The largest absolute Gasteiger partial charge is 0.360 e. The molecule has 0 saturated heterocycles. The van der Waals surface area contributed by atoms with Crippen molar-refractivity contribution in [2.45, 2.75) is 39.8 Å². The monoisotopic (exact) mass is 497 g/mol. The van der Waals surface area contributed by atoms with Crippen LogP contribution < -0.4 is 0 Å². The first-order chi connectivity index (χ1) is 17.3. The van der Waals surface area contributed by atoms with Crippen LogP contribution in [0.3, 0.4) is 0 Å². The van der Waals surface area contributed by atoms with Crippen LogP contribution in [-0.2, 0) is 0 Å². The van der Waals surface area contributed by atoms with Crippen molar-refractivity contribution in [3.05, 3.63) is 94.5 Å². The van der Waals surface area contributed by atoms with E-state index in [-0.39, 0.29) is 11.5 Å². The molecular formula is C28H27N5O2S. The molecule has 0 saturated carbocycles. The third kappa shape index (κ3) is 4.40. The van der Waals surface area contributed by atoms with Crippen LogP contribution in [0, 0.1) is 34.6 Å². The van der Waals surface area contributed by atoms with Crippen molar-refractivity contribution in [3.8, 4) is 22.9 Å². The molecule has 0 aliphatic heterocycles. The van der Waals surface area contributed by atoms with Gasteiger partial charge < -0.3 is 4.52 Å². The molecule has 8 heteroatoms. The van der Waals surface area contributed by atoms with E-state index in [4.69, 9.17) is 4.52 Å². The van der Waals surface area contributed by atoms with Crippen molar-refractivity contribution >= 4 is 17.5 Å². The van der Waals surface area contributed by atoms with Crippen LogP contribution in [0.15, 0.2) is 70.3 Å². The molecule has 0 radical (unpaired) electrons. The van der Waals surface area contributed by atoms with Crippen molar-refractivity contribution in [1.29, 1.82) is 0 Å². The first-order valence-electron chi connectivity index (χ1n) is 11.7. The SMILES string of the molecule is Cc1cc(-n2c(C)cc(C(=O)CSc3nnc(-c4ccccc4)n3-c3ccc(C)c(C)c3)c2C)no1. The Hall–Kier alpha value is -3.91. The minimum atomic E-state index is 0.0236. The molecule has 0 unspecified atom stereocenters. The average Bonchev–Trinajstić information content (AvgIpc) is 3.56. The second-order valence-electron chi connectivity index (χ2n) is 8.90. The van der Waals surface area contributed by atoms with Gasteiger partial charge in [0.2, 0.25) is 0 Å². The molecule has 0 fully saturated rings.